The van der Waals surface area contributed by atoms with Crippen molar-refractivity contribution in [3.8, 4) is 11.5 Å². The Bertz CT molecular complexity index is 718. The molecule has 0 heterocycles. The summed E-state index contributed by atoms with van der Waals surface area (Å²) in [4.78, 5) is 17.1. The molecule has 0 bridgehead atoms. The van der Waals surface area contributed by atoms with E-state index < -0.39 is 0 Å². The number of guanidine groups is 1. The van der Waals surface area contributed by atoms with Crippen molar-refractivity contribution in [1.29, 1.82) is 0 Å². The average Bonchev–Trinajstić information content (AvgIpc) is 3.53. The molecule has 1 aromatic rings. The molecule has 0 saturated heterocycles. The molecule has 0 aromatic heterocycles. The van der Waals surface area contributed by atoms with Crippen LogP contribution in [0.25, 0.3) is 0 Å². The van der Waals surface area contributed by atoms with Gasteiger partial charge < -0.3 is 25.8 Å². The highest BCUT2D eigenvalue weighted by Gasteiger charge is 2.31. The number of ether oxygens (including phenoxy) is 1. The van der Waals surface area contributed by atoms with E-state index in [1.807, 2.05) is 12.1 Å². The fraction of sp³-hybridized carbons (Fsp3) is 0.636. The van der Waals surface area contributed by atoms with Crippen LogP contribution in [0.15, 0.2) is 23.2 Å². The molecule has 0 spiro atoms. The van der Waals surface area contributed by atoms with Gasteiger partial charge in [-0.2, -0.15) is 0 Å². The number of benzene rings is 1. The average molecular weight is 403 g/mol. The number of carbonyl (C=O) groups is 1. The largest absolute Gasteiger partial charge is 0.504 e. The SMILES string of the molecule is CCNC(=NCCc1ccc(O)c(OC)c1)NC1CCCC(C(=O)NC2CC2)C1. The lowest BCUT2D eigenvalue weighted by Gasteiger charge is -2.30. The van der Waals surface area contributed by atoms with Crippen LogP contribution in [0, 0.1) is 5.92 Å². The number of carbonyl (C=O) groups excluding carboxylic acids is 1. The van der Waals surface area contributed by atoms with Gasteiger partial charge in [-0.3, -0.25) is 9.79 Å². The number of amides is 1. The van der Waals surface area contributed by atoms with Gasteiger partial charge in [0.2, 0.25) is 5.91 Å². The van der Waals surface area contributed by atoms with Gasteiger partial charge in [-0.25, -0.2) is 0 Å². The summed E-state index contributed by atoms with van der Waals surface area (Å²) in [6.07, 6.45) is 6.98. The minimum Gasteiger partial charge on any atom is -0.504 e. The monoisotopic (exact) mass is 402 g/mol. The third kappa shape index (κ3) is 6.54. The molecule has 7 nitrogen and oxygen atoms in total. The number of methoxy groups -OCH3 is 1. The Labute approximate surface area is 173 Å². The molecule has 2 atom stereocenters. The van der Waals surface area contributed by atoms with E-state index in [1.165, 1.54) is 0 Å². The van der Waals surface area contributed by atoms with Gasteiger partial charge in [-0.1, -0.05) is 12.5 Å². The van der Waals surface area contributed by atoms with Gasteiger partial charge in [0.25, 0.3) is 0 Å². The molecule has 29 heavy (non-hydrogen) atoms. The number of phenols is 1. The van der Waals surface area contributed by atoms with Crippen LogP contribution in [0.1, 0.15) is 51.0 Å². The number of nitrogens with zero attached hydrogens (tertiary/aromatic N) is 1. The van der Waals surface area contributed by atoms with Crippen molar-refractivity contribution in [2.75, 3.05) is 20.2 Å². The first kappa shape index (κ1) is 21.3. The van der Waals surface area contributed by atoms with Gasteiger partial charge in [0.1, 0.15) is 0 Å². The van der Waals surface area contributed by atoms with Crippen LogP contribution >= 0.6 is 0 Å². The summed E-state index contributed by atoms with van der Waals surface area (Å²) in [6.45, 7) is 3.47. The second kappa shape index (κ2) is 10.4. The van der Waals surface area contributed by atoms with Crippen molar-refractivity contribution < 1.29 is 14.6 Å². The summed E-state index contributed by atoms with van der Waals surface area (Å²) in [5.41, 5.74) is 1.06. The molecule has 2 aliphatic rings. The second-order valence-electron chi connectivity index (χ2n) is 8.00. The highest BCUT2D eigenvalue weighted by Crippen LogP contribution is 2.27. The fourth-order valence-electron chi connectivity index (χ4n) is 3.79. The highest BCUT2D eigenvalue weighted by molar-refractivity contribution is 5.81. The smallest absolute Gasteiger partial charge is 0.223 e. The number of hydrogen-bond donors (Lipinski definition) is 4. The number of nitrogens with one attached hydrogen (secondary N) is 3. The van der Waals surface area contributed by atoms with E-state index in [4.69, 9.17) is 9.73 Å². The molecule has 2 fully saturated rings. The summed E-state index contributed by atoms with van der Waals surface area (Å²) in [5, 5.41) is 19.7. The Morgan fingerprint density at radius 3 is 2.76 bits per heavy atom. The van der Waals surface area contributed by atoms with Gasteiger partial charge in [-0.05, 0) is 63.1 Å². The van der Waals surface area contributed by atoms with Crippen LogP contribution in [0.5, 0.6) is 11.5 Å². The van der Waals surface area contributed by atoms with Crippen LogP contribution in [0.3, 0.4) is 0 Å². The maximum Gasteiger partial charge on any atom is 0.223 e. The van der Waals surface area contributed by atoms with Crippen molar-refractivity contribution in [1.82, 2.24) is 16.0 Å². The number of phenolic OH excluding ortho intramolecular Hbond substituents is 1. The second-order valence-corrected chi connectivity index (χ2v) is 8.00. The van der Waals surface area contributed by atoms with Crippen molar-refractivity contribution in [3.63, 3.8) is 0 Å². The molecular formula is C22H34N4O3. The fourth-order valence-corrected chi connectivity index (χ4v) is 3.79. The molecule has 3 rings (SSSR count). The summed E-state index contributed by atoms with van der Waals surface area (Å²) < 4.78 is 5.17. The van der Waals surface area contributed by atoms with Crippen LogP contribution in [0.2, 0.25) is 0 Å². The van der Waals surface area contributed by atoms with E-state index in [0.29, 0.717) is 18.3 Å². The molecule has 2 unspecified atom stereocenters. The maximum atomic E-state index is 12.4. The Balaban J connectivity index is 1.52. The predicted octanol–water partition coefficient (Wildman–Crippen LogP) is 2.34. The lowest BCUT2D eigenvalue weighted by molar-refractivity contribution is -0.126. The van der Waals surface area contributed by atoms with Gasteiger partial charge in [0, 0.05) is 31.1 Å². The topological polar surface area (TPSA) is 95.0 Å². The van der Waals surface area contributed by atoms with Gasteiger partial charge >= 0.3 is 0 Å². The van der Waals surface area contributed by atoms with Crippen LogP contribution in [-0.2, 0) is 11.2 Å². The Morgan fingerprint density at radius 1 is 1.21 bits per heavy atom. The molecule has 160 valence electrons. The van der Waals surface area contributed by atoms with Crippen molar-refractivity contribution in [2.24, 2.45) is 10.9 Å². The molecule has 1 amide bonds. The number of hydrogen-bond acceptors (Lipinski definition) is 4. The van der Waals surface area contributed by atoms with Gasteiger partial charge in [0.05, 0.1) is 7.11 Å². The molecule has 0 radical (unpaired) electrons. The molecule has 2 aliphatic carbocycles. The molecule has 0 aliphatic heterocycles. The molecule has 1 aromatic carbocycles. The van der Waals surface area contributed by atoms with E-state index in [-0.39, 0.29) is 23.6 Å². The molecule has 2 saturated carbocycles. The first-order valence-corrected chi connectivity index (χ1v) is 10.8. The van der Waals surface area contributed by atoms with Crippen LogP contribution in [0.4, 0.5) is 0 Å². The van der Waals surface area contributed by atoms with E-state index in [1.54, 1.807) is 13.2 Å². The highest BCUT2D eigenvalue weighted by atomic mass is 16.5. The standard InChI is InChI=1S/C22H34N4O3/c1-3-23-22(24-12-11-15-7-10-19(27)20(13-15)29-2)26-18-6-4-5-16(14-18)21(28)25-17-8-9-17/h7,10,13,16-18,27H,3-6,8-9,11-12,14H2,1-2H3,(H,25,28)(H2,23,24,26). The first-order valence-electron chi connectivity index (χ1n) is 10.8. The minimum absolute atomic E-state index is 0.106. The summed E-state index contributed by atoms with van der Waals surface area (Å²) in [5.74, 6) is 1.75. The summed E-state index contributed by atoms with van der Waals surface area (Å²) >= 11 is 0. The number of aromatic hydroxyl groups is 1. The quantitative estimate of drug-likeness (QED) is 0.395. The zero-order valence-corrected chi connectivity index (χ0v) is 17.5. The van der Waals surface area contributed by atoms with Crippen molar-refractivity contribution >= 4 is 11.9 Å². The molecule has 7 heteroatoms. The third-order valence-corrected chi connectivity index (χ3v) is 5.57. The molecule has 4 N–H and O–H groups in total. The maximum absolute atomic E-state index is 12.4. The summed E-state index contributed by atoms with van der Waals surface area (Å²) in [7, 11) is 1.55. The normalized spacial score (nSPS) is 22.1. The number of aliphatic imine (C=N–C) groups is 1. The van der Waals surface area contributed by atoms with E-state index >= 15 is 0 Å². The van der Waals surface area contributed by atoms with E-state index in [9.17, 15) is 9.90 Å². The Morgan fingerprint density at radius 2 is 2.03 bits per heavy atom. The van der Waals surface area contributed by atoms with Crippen molar-refractivity contribution in [3.05, 3.63) is 23.8 Å². The summed E-state index contributed by atoms with van der Waals surface area (Å²) in [6, 6.07) is 6.07. The zero-order valence-electron chi connectivity index (χ0n) is 17.5. The minimum atomic E-state index is 0.106. The van der Waals surface area contributed by atoms with Gasteiger partial charge in [0.15, 0.2) is 17.5 Å². The van der Waals surface area contributed by atoms with E-state index in [0.717, 1.165) is 63.0 Å². The lowest BCUT2D eigenvalue weighted by Crippen LogP contribution is -2.47. The van der Waals surface area contributed by atoms with Crippen molar-refractivity contribution in [2.45, 2.75) is 64.0 Å². The Hall–Kier alpha value is -2.44. The zero-order chi connectivity index (χ0) is 20.6. The molecular weight excluding hydrogens is 368 g/mol. The third-order valence-electron chi connectivity index (χ3n) is 5.57. The Kier molecular flexibility index (Phi) is 7.61. The van der Waals surface area contributed by atoms with E-state index in [2.05, 4.69) is 22.9 Å². The van der Waals surface area contributed by atoms with Crippen LogP contribution in [-0.4, -0.2) is 49.3 Å². The lowest BCUT2D eigenvalue weighted by atomic mass is 9.85. The predicted molar refractivity (Wildman–Crippen MR) is 114 cm³/mol. The van der Waals surface area contributed by atoms with Crippen LogP contribution < -0.4 is 20.7 Å². The van der Waals surface area contributed by atoms with Gasteiger partial charge in [-0.15, -0.1) is 0 Å². The number of rotatable bonds is 8. The first-order chi connectivity index (χ1) is 14.1.